The van der Waals surface area contributed by atoms with Crippen molar-refractivity contribution >= 4 is 11.6 Å². The molecule has 1 saturated heterocycles. The van der Waals surface area contributed by atoms with Crippen LogP contribution in [0.3, 0.4) is 0 Å². The average molecular weight is 361 g/mol. The van der Waals surface area contributed by atoms with Gasteiger partial charge in [0.25, 0.3) is 0 Å². The Morgan fingerprint density at radius 1 is 0.833 bits per heavy atom. The number of rotatable bonds is 15. The number of hydrogen-bond donors (Lipinski definition) is 1. The maximum absolute atomic E-state index is 9.29. The van der Waals surface area contributed by atoms with Crippen LogP contribution in [-0.4, -0.2) is 52.8 Å². The Bertz CT molecular complexity index is 291. The molecule has 0 bridgehead atoms. The van der Waals surface area contributed by atoms with E-state index in [9.17, 15) is 5.11 Å². The standard InChI is InChI=1S/C20H41ClN2O/c1-3-5-6-7-8-9-10-11-12-13-14-20-22(16-17-24)18-19(21)23(20)15-4-2/h19-20,24H,3-18H2,1-2H3. The molecule has 0 aromatic heterocycles. The highest BCUT2D eigenvalue weighted by Gasteiger charge is 2.36. The number of β-amino-alcohol motifs (C(OH)–C–C–N with tert-alkyl or cyclic N) is 1. The topological polar surface area (TPSA) is 26.7 Å². The molecule has 0 aromatic carbocycles. The van der Waals surface area contributed by atoms with E-state index in [1.54, 1.807) is 0 Å². The van der Waals surface area contributed by atoms with E-state index in [-0.39, 0.29) is 12.1 Å². The molecule has 144 valence electrons. The molecular formula is C20H41ClN2O. The van der Waals surface area contributed by atoms with Crippen molar-refractivity contribution in [3.8, 4) is 0 Å². The Hall–Kier alpha value is 0.170. The maximum atomic E-state index is 9.29. The van der Waals surface area contributed by atoms with Gasteiger partial charge in [0, 0.05) is 19.6 Å². The minimum absolute atomic E-state index is 0.115. The Kier molecular flexibility index (Phi) is 13.3. The zero-order valence-electron chi connectivity index (χ0n) is 16.2. The summed E-state index contributed by atoms with van der Waals surface area (Å²) in [6, 6.07) is 0. The van der Waals surface area contributed by atoms with E-state index in [1.807, 2.05) is 0 Å². The van der Waals surface area contributed by atoms with Crippen molar-refractivity contribution in [3.63, 3.8) is 0 Å². The molecule has 0 radical (unpaired) electrons. The summed E-state index contributed by atoms with van der Waals surface area (Å²) >= 11 is 6.52. The molecule has 0 aromatic rings. The first-order valence-corrected chi connectivity index (χ1v) is 10.9. The van der Waals surface area contributed by atoms with Crippen molar-refractivity contribution in [3.05, 3.63) is 0 Å². The summed E-state index contributed by atoms with van der Waals surface area (Å²) in [5.41, 5.74) is 0.115. The first-order chi connectivity index (χ1) is 11.7. The van der Waals surface area contributed by atoms with Crippen LogP contribution in [0.25, 0.3) is 0 Å². The largest absolute Gasteiger partial charge is 0.395 e. The monoisotopic (exact) mass is 360 g/mol. The van der Waals surface area contributed by atoms with E-state index in [0.29, 0.717) is 6.17 Å². The third-order valence-electron chi connectivity index (χ3n) is 5.23. The lowest BCUT2D eigenvalue weighted by atomic mass is 10.1. The summed E-state index contributed by atoms with van der Waals surface area (Å²) < 4.78 is 0. The predicted molar refractivity (Wildman–Crippen MR) is 106 cm³/mol. The summed E-state index contributed by atoms with van der Waals surface area (Å²) in [5, 5.41) is 9.29. The Labute approximate surface area is 155 Å². The number of alkyl halides is 1. The van der Waals surface area contributed by atoms with Crippen molar-refractivity contribution in [2.45, 2.75) is 103 Å². The van der Waals surface area contributed by atoms with Gasteiger partial charge in [0.15, 0.2) is 0 Å². The van der Waals surface area contributed by atoms with E-state index < -0.39 is 0 Å². The fourth-order valence-corrected chi connectivity index (χ4v) is 4.30. The van der Waals surface area contributed by atoms with E-state index in [2.05, 4.69) is 23.6 Å². The molecule has 0 amide bonds. The van der Waals surface area contributed by atoms with Crippen LogP contribution >= 0.6 is 11.6 Å². The van der Waals surface area contributed by atoms with Gasteiger partial charge in [0.05, 0.1) is 18.3 Å². The predicted octanol–water partition coefficient (Wildman–Crippen LogP) is 5.21. The number of hydrogen-bond acceptors (Lipinski definition) is 3. The van der Waals surface area contributed by atoms with E-state index in [0.717, 1.165) is 26.1 Å². The van der Waals surface area contributed by atoms with Gasteiger partial charge in [-0.1, -0.05) is 78.1 Å². The molecule has 0 saturated carbocycles. The zero-order valence-corrected chi connectivity index (χ0v) is 16.9. The van der Waals surface area contributed by atoms with E-state index in [1.165, 1.54) is 70.6 Å². The molecular weight excluding hydrogens is 320 g/mol. The molecule has 1 aliphatic rings. The summed E-state index contributed by atoms with van der Waals surface area (Å²) in [7, 11) is 0. The van der Waals surface area contributed by atoms with Crippen LogP contribution in [0.1, 0.15) is 90.9 Å². The third-order valence-corrected chi connectivity index (χ3v) is 5.62. The molecule has 1 fully saturated rings. The summed E-state index contributed by atoms with van der Waals surface area (Å²) in [4.78, 5) is 4.81. The van der Waals surface area contributed by atoms with E-state index >= 15 is 0 Å². The van der Waals surface area contributed by atoms with E-state index in [4.69, 9.17) is 11.6 Å². The van der Waals surface area contributed by atoms with Crippen LogP contribution in [0.15, 0.2) is 0 Å². The first-order valence-electron chi connectivity index (χ1n) is 10.5. The van der Waals surface area contributed by atoms with Crippen molar-refractivity contribution in [2.75, 3.05) is 26.2 Å². The molecule has 2 unspecified atom stereocenters. The van der Waals surface area contributed by atoms with Gasteiger partial charge in [-0.2, -0.15) is 0 Å². The van der Waals surface area contributed by atoms with Gasteiger partial charge in [-0.05, 0) is 12.8 Å². The summed E-state index contributed by atoms with van der Waals surface area (Å²) in [5.74, 6) is 0. The number of unbranched alkanes of at least 4 members (excludes halogenated alkanes) is 9. The lowest BCUT2D eigenvalue weighted by Gasteiger charge is -2.30. The fraction of sp³-hybridized carbons (Fsp3) is 1.00. The Morgan fingerprint density at radius 3 is 1.96 bits per heavy atom. The second kappa shape index (κ2) is 14.4. The third kappa shape index (κ3) is 8.51. The highest BCUT2D eigenvalue weighted by Crippen LogP contribution is 2.27. The first kappa shape index (κ1) is 22.2. The molecule has 24 heavy (non-hydrogen) atoms. The number of halogens is 1. The molecule has 1 aliphatic heterocycles. The highest BCUT2D eigenvalue weighted by molar-refractivity contribution is 6.20. The number of aliphatic hydroxyl groups is 1. The smallest absolute Gasteiger partial charge is 0.0991 e. The molecule has 3 nitrogen and oxygen atoms in total. The molecule has 0 aliphatic carbocycles. The van der Waals surface area contributed by atoms with Crippen LogP contribution in [0, 0.1) is 0 Å². The second-order valence-corrected chi connectivity index (χ2v) is 7.85. The zero-order chi connectivity index (χ0) is 17.6. The van der Waals surface area contributed by atoms with Gasteiger partial charge in [0.1, 0.15) is 0 Å². The molecule has 2 atom stereocenters. The van der Waals surface area contributed by atoms with Crippen LogP contribution in [-0.2, 0) is 0 Å². The average Bonchev–Trinajstić information content (AvgIpc) is 2.86. The molecule has 1 N–H and O–H groups in total. The molecule has 1 heterocycles. The second-order valence-electron chi connectivity index (χ2n) is 7.34. The quantitative estimate of drug-likeness (QED) is 0.247. The Balaban J connectivity index is 2.14. The van der Waals surface area contributed by atoms with Gasteiger partial charge >= 0.3 is 0 Å². The van der Waals surface area contributed by atoms with Crippen LogP contribution in [0.4, 0.5) is 0 Å². The number of nitrogens with zero attached hydrogens (tertiary/aromatic N) is 2. The fourth-order valence-electron chi connectivity index (χ4n) is 3.90. The molecule has 0 spiro atoms. The SMILES string of the molecule is CCCCCCCCCCCCC1N(CCO)CC(Cl)N1CCC. The van der Waals surface area contributed by atoms with Gasteiger partial charge < -0.3 is 5.11 Å². The van der Waals surface area contributed by atoms with Crippen molar-refractivity contribution in [2.24, 2.45) is 0 Å². The summed E-state index contributed by atoms with van der Waals surface area (Å²) in [6.07, 6.45) is 16.6. The van der Waals surface area contributed by atoms with Gasteiger partial charge in [-0.3, -0.25) is 9.80 Å². The lowest BCUT2D eigenvalue weighted by molar-refractivity contribution is 0.102. The normalized spacial score (nSPS) is 22.5. The van der Waals surface area contributed by atoms with Crippen LogP contribution < -0.4 is 0 Å². The summed E-state index contributed by atoms with van der Waals surface area (Å²) in [6.45, 7) is 7.45. The molecule has 4 heteroatoms. The van der Waals surface area contributed by atoms with Gasteiger partial charge in [-0.25, -0.2) is 0 Å². The van der Waals surface area contributed by atoms with Crippen LogP contribution in [0.2, 0.25) is 0 Å². The van der Waals surface area contributed by atoms with Gasteiger partial charge in [-0.15, -0.1) is 11.6 Å². The Morgan fingerprint density at radius 2 is 1.42 bits per heavy atom. The highest BCUT2D eigenvalue weighted by atomic mass is 35.5. The minimum Gasteiger partial charge on any atom is -0.395 e. The van der Waals surface area contributed by atoms with Crippen molar-refractivity contribution in [1.82, 2.24) is 9.80 Å². The molecule has 1 rings (SSSR count). The maximum Gasteiger partial charge on any atom is 0.0991 e. The van der Waals surface area contributed by atoms with Crippen LogP contribution in [0.5, 0.6) is 0 Å². The number of aliphatic hydroxyl groups excluding tert-OH is 1. The van der Waals surface area contributed by atoms with Gasteiger partial charge in [0.2, 0.25) is 0 Å². The van der Waals surface area contributed by atoms with Crippen molar-refractivity contribution in [1.29, 1.82) is 0 Å². The lowest BCUT2D eigenvalue weighted by Crippen LogP contribution is -2.41. The van der Waals surface area contributed by atoms with Crippen molar-refractivity contribution < 1.29 is 5.11 Å². The minimum atomic E-state index is 0.115.